The van der Waals surface area contributed by atoms with Crippen LogP contribution in [0.5, 0.6) is 0 Å². The lowest BCUT2D eigenvalue weighted by molar-refractivity contribution is -0.132. The molecule has 0 bridgehead atoms. The van der Waals surface area contributed by atoms with Crippen LogP contribution in [0.2, 0.25) is 10.0 Å². The molecule has 0 radical (unpaired) electrons. The molecule has 1 saturated heterocycles. The standard InChI is InChI=1S/C29H33Cl2N5O3/c1-4-36-23-17-35(28(38)25(23)26(32-29(36)39)21-9-8-20(30)16-22(21)31)11-10-24(37)33-12-14-34(15-13-33)27-18(2)6-5-7-19(27)3/h5-9,16,26H,4,10-15,17H2,1-3H3,(H,32,39). The van der Waals surface area contributed by atoms with Gasteiger partial charge in [-0.3, -0.25) is 14.5 Å². The fourth-order valence-corrected chi connectivity index (χ4v) is 6.42. The van der Waals surface area contributed by atoms with E-state index >= 15 is 0 Å². The molecule has 39 heavy (non-hydrogen) atoms. The molecule has 2 aromatic carbocycles. The lowest BCUT2D eigenvalue weighted by Gasteiger charge is -2.37. The van der Waals surface area contributed by atoms with Crippen molar-refractivity contribution in [2.24, 2.45) is 0 Å². The molecule has 1 N–H and O–H groups in total. The lowest BCUT2D eigenvalue weighted by Crippen LogP contribution is -2.49. The molecule has 1 unspecified atom stereocenters. The maximum atomic E-state index is 13.6. The monoisotopic (exact) mass is 569 g/mol. The fourth-order valence-electron chi connectivity index (χ4n) is 5.91. The van der Waals surface area contributed by atoms with Crippen molar-refractivity contribution in [2.45, 2.75) is 33.2 Å². The van der Waals surface area contributed by atoms with E-state index < -0.39 is 6.04 Å². The van der Waals surface area contributed by atoms with Crippen LogP contribution in [-0.4, -0.2) is 78.4 Å². The van der Waals surface area contributed by atoms with Gasteiger partial charge in [0.05, 0.1) is 23.9 Å². The van der Waals surface area contributed by atoms with Gasteiger partial charge in [-0.1, -0.05) is 47.5 Å². The number of hydrogen-bond acceptors (Lipinski definition) is 4. The second kappa shape index (κ2) is 11.1. The SMILES string of the molecule is CCN1C(=O)NC(c2ccc(Cl)cc2Cl)C2=C1CN(CCC(=O)N1CCN(c3c(C)cccc3C)CC1)C2=O. The zero-order valence-corrected chi connectivity index (χ0v) is 24.0. The number of likely N-dealkylation sites (N-methyl/N-ethyl adjacent to an activating group) is 1. The van der Waals surface area contributed by atoms with Crippen LogP contribution in [0.25, 0.3) is 0 Å². The Morgan fingerprint density at radius 3 is 2.36 bits per heavy atom. The van der Waals surface area contributed by atoms with Gasteiger partial charge >= 0.3 is 6.03 Å². The molecule has 0 spiro atoms. The van der Waals surface area contributed by atoms with Gasteiger partial charge in [0.15, 0.2) is 0 Å². The Morgan fingerprint density at radius 1 is 1.03 bits per heavy atom. The first kappa shape index (κ1) is 27.3. The Balaban J connectivity index is 1.24. The Labute approximate surface area is 239 Å². The van der Waals surface area contributed by atoms with Crippen LogP contribution in [0.1, 0.15) is 36.1 Å². The number of urea groups is 1. The average molecular weight is 571 g/mol. The zero-order chi connectivity index (χ0) is 27.8. The number of amides is 4. The van der Waals surface area contributed by atoms with E-state index in [2.05, 4.69) is 42.3 Å². The van der Waals surface area contributed by atoms with Gasteiger partial charge in [-0.15, -0.1) is 0 Å². The van der Waals surface area contributed by atoms with E-state index in [1.54, 1.807) is 28.0 Å². The molecule has 4 amide bonds. The number of halogens is 2. The van der Waals surface area contributed by atoms with Crippen LogP contribution in [0, 0.1) is 13.8 Å². The van der Waals surface area contributed by atoms with Gasteiger partial charge in [-0.25, -0.2) is 4.79 Å². The topological polar surface area (TPSA) is 76.2 Å². The number of hydrogen-bond donors (Lipinski definition) is 1. The van der Waals surface area contributed by atoms with Crippen molar-refractivity contribution in [3.63, 3.8) is 0 Å². The Hall–Kier alpha value is -3.23. The summed E-state index contributed by atoms with van der Waals surface area (Å²) in [5.41, 5.74) is 5.51. The number of rotatable bonds is 6. The third-order valence-electron chi connectivity index (χ3n) is 7.87. The molecule has 1 atom stereocenters. The van der Waals surface area contributed by atoms with Crippen molar-refractivity contribution in [1.29, 1.82) is 0 Å². The van der Waals surface area contributed by atoms with Crippen LogP contribution in [-0.2, 0) is 9.59 Å². The number of carbonyl (C=O) groups excluding carboxylic acids is 3. The fraction of sp³-hybridized carbons (Fsp3) is 0.414. The van der Waals surface area contributed by atoms with Crippen LogP contribution in [0.4, 0.5) is 10.5 Å². The summed E-state index contributed by atoms with van der Waals surface area (Å²) in [6.07, 6.45) is 0.232. The summed E-state index contributed by atoms with van der Waals surface area (Å²) in [5.74, 6) is -0.153. The summed E-state index contributed by atoms with van der Waals surface area (Å²) in [4.78, 5) is 47.1. The van der Waals surface area contributed by atoms with Crippen LogP contribution in [0.3, 0.4) is 0 Å². The highest BCUT2D eigenvalue weighted by molar-refractivity contribution is 6.35. The van der Waals surface area contributed by atoms with E-state index in [-0.39, 0.29) is 37.4 Å². The highest BCUT2D eigenvalue weighted by atomic mass is 35.5. The number of nitrogens with one attached hydrogen (secondary N) is 1. The van der Waals surface area contributed by atoms with Gasteiger partial charge in [0, 0.05) is 61.4 Å². The van der Waals surface area contributed by atoms with Crippen molar-refractivity contribution in [2.75, 3.05) is 50.7 Å². The van der Waals surface area contributed by atoms with Crippen LogP contribution >= 0.6 is 23.2 Å². The molecule has 206 valence electrons. The smallest absolute Gasteiger partial charge is 0.322 e. The molecule has 3 aliphatic rings. The minimum atomic E-state index is -0.675. The number of para-hydroxylation sites is 1. The van der Waals surface area contributed by atoms with E-state index in [1.807, 2.05) is 11.8 Å². The van der Waals surface area contributed by atoms with E-state index in [0.717, 1.165) is 13.1 Å². The number of carbonyl (C=O) groups is 3. The summed E-state index contributed by atoms with van der Waals surface area (Å²) in [6.45, 7) is 9.95. The molecule has 10 heteroatoms. The Bertz CT molecular complexity index is 1330. The second-order valence-electron chi connectivity index (χ2n) is 10.2. The van der Waals surface area contributed by atoms with Crippen LogP contribution < -0.4 is 10.2 Å². The third-order valence-corrected chi connectivity index (χ3v) is 8.43. The molecule has 0 saturated carbocycles. The number of anilines is 1. The van der Waals surface area contributed by atoms with Crippen molar-refractivity contribution in [3.8, 4) is 0 Å². The summed E-state index contributed by atoms with van der Waals surface area (Å²) < 4.78 is 0. The van der Waals surface area contributed by atoms with E-state index in [9.17, 15) is 14.4 Å². The molecule has 8 nitrogen and oxygen atoms in total. The van der Waals surface area contributed by atoms with E-state index in [1.165, 1.54) is 16.8 Å². The third kappa shape index (κ3) is 5.20. The van der Waals surface area contributed by atoms with Gasteiger partial charge < -0.3 is 20.0 Å². The first-order valence-electron chi connectivity index (χ1n) is 13.3. The molecule has 5 rings (SSSR count). The molecule has 0 aliphatic carbocycles. The quantitative estimate of drug-likeness (QED) is 0.554. The maximum absolute atomic E-state index is 13.6. The summed E-state index contributed by atoms with van der Waals surface area (Å²) in [5, 5.41) is 3.79. The molecule has 3 heterocycles. The number of piperazine rings is 1. The molecule has 2 aromatic rings. The van der Waals surface area contributed by atoms with Gasteiger partial charge in [-0.05, 0) is 49.6 Å². The van der Waals surface area contributed by atoms with Crippen molar-refractivity contribution < 1.29 is 14.4 Å². The molecule has 0 aromatic heterocycles. The normalized spacial score (nSPS) is 19.6. The van der Waals surface area contributed by atoms with Crippen molar-refractivity contribution in [1.82, 2.24) is 20.0 Å². The largest absolute Gasteiger partial charge is 0.368 e. The summed E-state index contributed by atoms with van der Waals surface area (Å²) in [6, 6.07) is 10.4. The molecular formula is C29H33Cl2N5O3. The predicted octanol–water partition coefficient (Wildman–Crippen LogP) is 4.53. The summed E-state index contributed by atoms with van der Waals surface area (Å²) in [7, 11) is 0. The van der Waals surface area contributed by atoms with Gasteiger partial charge in [0.1, 0.15) is 0 Å². The lowest BCUT2D eigenvalue weighted by atomic mass is 9.95. The molecular weight excluding hydrogens is 537 g/mol. The minimum Gasteiger partial charge on any atom is -0.368 e. The van der Waals surface area contributed by atoms with Gasteiger partial charge in [-0.2, -0.15) is 0 Å². The Kier molecular flexibility index (Phi) is 7.78. The summed E-state index contributed by atoms with van der Waals surface area (Å²) >= 11 is 12.5. The van der Waals surface area contributed by atoms with E-state index in [0.29, 0.717) is 46.5 Å². The number of benzene rings is 2. The van der Waals surface area contributed by atoms with Gasteiger partial charge in [0.25, 0.3) is 5.91 Å². The molecule has 3 aliphatic heterocycles. The van der Waals surface area contributed by atoms with Crippen molar-refractivity contribution in [3.05, 3.63) is 74.4 Å². The number of aryl methyl sites for hydroxylation is 2. The van der Waals surface area contributed by atoms with Crippen molar-refractivity contribution >= 4 is 46.7 Å². The van der Waals surface area contributed by atoms with E-state index in [4.69, 9.17) is 23.2 Å². The first-order valence-corrected chi connectivity index (χ1v) is 14.1. The van der Waals surface area contributed by atoms with Crippen LogP contribution in [0.15, 0.2) is 47.7 Å². The zero-order valence-electron chi connectivity index (χ0n) is 22.5. The Morgan fingerprint density at radius 2 is 1.72 bits per heavy atom. The predicted molar refractivity (Wildman–Crippen MR) is 153 cm³/mol. The number of nitrogens with zero attached hydrogens (tertiary/aromatic N) is 4. The van der Waals surface area contributed by atoms with Gasteiger partial charge in [0.2, 0.25) is 5.91 Å². The highest BCUT2D eigenvalue weighted by Crippen LogP contribution is 2.39. The minimum absolute atomic E-state index is 0.0349. The highest BCUT2D eigenvalue weighted by Gasteiger charge is 2.44. The second-order valence-corrected chi connectivity index (χ2v) is 11.1. The molecule has 1 fully saturated rings. The maximum Gasteiger partial charge on any atom is 0.322 e. The first-order chi connectivity index (χ1) is 18.7. The average Bonchev–Trinajstić information content (AvgIpc) is 3.23.